The number of hydrogen-bond donors (Lipinski definition) is 1. The topological polar surface area (TPSA) is 38.1 Å². The van der Waals surface area contributed by atoms with Gasteiger partial charge in [0, 0.05) is 0 Å². The molecule has 74 valence electrons. The molecule has 0 saturated carbocycles. The van der Waals surface area contributed by atoms with Crippen molar-refractivity contribution in [1.29, 1.82) is 0 Å². The average Bonchev–Trinajstić information content (AvgIpc) is 2.57. The van der Waals surface area contributed by atoms with Gasteiger partial charge in [-0.2, -0.15) is 0 Å². The van der Waals surface area contributed by atoms with E-state index < -0.39 is 0 Å². The lowest BCUT2D eigenvalue weighted by Crippen LogP contribution is -2.10. The van der Waals surface area contributed by atoms with Crippen molar-refractivity contribution < 1.29 is 4.52 Å². The monoisotopic (exact) mass is 254 g/mol. The van der Waals surface area contributed by atoms with Crippen LogP contribution in [-0.2, 0) is 6.42 Å². The van der Waals surface area contributed by atoms with Crippen molar-refractivity contribution in [3.8, 4) is 0 Å². The highest BCUT2D eigenvalue weighted by molar-refractivity contribution is 9.10. The average molecular weight is 255 g/mol. The second-order valence-electron chi connectivity index (χ2n) is 3.16. The van der Waals surface area contributed by atoms with E-state index in [0.29, 0.717) is 0 Å². The fourth-order valence-electron chi connectivity index (χ4n) is 1.38. The molecule has 3 nitrogen and oxygen atoms in total. The molecule has 1 heterocycles. The molecular formula is C10H11BrN2O. The summed E-state index contributed by atoms with van der Waals surface area (Å²) >= 11 is 3.35. The van der Waals surface area contributed by atoms with Gasteiger partial charge in [0.2, 0.25) is 0 Å². The first-order valence-corrected chi connectivity index (χ1v) is 5.29. The molecule has 0 spiro atoms. The number of rotatable bonds is 3. The molecule has 0 aliphatic rings. The summed E-state index contributed by atoms with van der Waals surface area (Å²) in [5.74, 6) is 0. The fourth-order valence-corrected chi connectivity index (χ4v) is 1.76. The van der Waals surface area contributed by atoms with Crippen LogP contribution in [0.15, 0.2) is 27.3 Å². The molecule has 2 rings (SSSR count). The molecule has 0 saturated heterocycles. The summed E-state index contributed by atoms with van der Waals surface area (Å²) < 4.78 is 5.87. The van der Waals surface area contributed by atoms with E-state index in [0.717, 1.165) is 28.5 Å². The maximum absolute atomic E-state index is 5.10. The second-order valence-corrected chi connectivity index (χ2v) is 3.91. The number of halogens is 1. The van der Waals surface area contributed by atoms with E-state index in [4.69, 9.17) is 4.52 Å². The molecule has 4 heteroatoms. The van der Waals surface area contributed by atoms with Crippen molar-refractivity contribution in [3.05, 3.63) is 28.4 Å². The Kier molecular flexibility index (Phi) is 2.84. The first-order valence-electron chi connectivity index (χ1n) is 4.49. The minimum absolute atomic E-state index is 0.777. The van der Waals surface area contributed by atoms with E-state index >= 15 is 0 Å². The molecule has 0 aliphatic carbocycles. The maximum Gasteiger partial charge on any atom is 0.168 e. The number of aromatic nitrogens is 1. The quantitative estimate of drug-likeness (QED) is 0.914. The zero-order valence-electron chi connectivity index (χ0n) is 7.88. The lowest BCUT2D eigenvalue weighted by atomic mass is 10.1. The fraction of sp³-hybridized carbons (Fsp3) is 0.300. The third kappa shape index (κ3) is 1.81. The molecule has 1 aromatic carbocycles. The third-order valence-corrected chi connectivity index (χ3v) is 2.73. The van der Waals surface area contributed by atoms with Crippen LogP contribution >= 0.6 is 15.9 Å². The number of benzene rings is 1. The molecule has 0 fully saturated rings. The Morgan fingerprint density at radius 3 is 3.14 bits per heavy atom. The van der Waals surface area contributed by atoms with E-state index in [-0.39, 0.29) is 0 Å². The van der Waals surface area contributed by atoms with Crippen LogP contribution in [0.25, 0.3) is 11.0 Å². The van der Waals surface area contributed by atoms with E-state index in [1.54, 1.807) is 0 Å². The second kappa shape index (κ2) is 4.11. The van der Waals surface area contributed by atoms with Crippen LogP contribution in [0.3, 0.4) is 0 Å². The van der Waals surface area contributed by atoms with Gasteiger partial charge in [0.1, 0.15) is 0 Å². The van der Waals surface area contributed by atoms with E-state index in [9.17, 15) is 0 Å². The number of nitrogens with zero attached hydrogens (tertiary/aromatic N) is 1. The molecule has 14 heavy (non-hydrogen) atoms. The van der Waals surface area contributed by atoms with Gasteiger partial charge in [-0.1, -0.05) is 11.2 Å². The molecule has 2 aromatic rings. The Bertz CT molecular complexity index is 439. The van der Waals surface area contributed by atoms with Crippen LogP contribution in [0, 0.1) is 0 Å². The maximum atomic E-state index is 5.10. The predicted octanol–water partition coefficient (Wildman–Crippen LogP) is 2.35. The number of fused-ring (bicyclic) bond motifs is 1. The summed E-state index contributed by atoms with van der Waals surface area (Å²) in [7, 11) is 1.95. The van der Waals surface area contributed by atoms with Crippen LogP contribution < -0.4 is 5.32 Å². The van der Waals surface area contributed by atoms with Crippen molar-refractivity contribution in [2.45, 2.75) is 6.42 Å². The van der Waals surface area contributed by atoms with Crippen molar-refractivity contribution >= 4 is 26.9 Å². The van der Waals surface area contributed by atoms with Gasteiger partial charge in [-0.25, -0.2) is 0 Å². The standard InChI is InChI=1S/C10H11BrN2O/c1-12-5-4-7-2-3-9-8(6-7)10(11)13-14-9/h2-3,6,12H,4-5H2,1H3. The van der Waals surface area contributed by atoms with Crippen LogP contribution in [0.4, 0.5) is 0 Å². The normalized spacial score (nSPS) is 11.0. The summed E-state index contributed by atoms with van der Waals surface area (Å²) in [4.78, 5) is 0. The lowest BCUT2D eigenvalue weighted by molar-refractivity contribution is 0.451. The van der Waals surface area contributed by atoms with Crippen LogP contribution in [0.1, 0.15) is 5.56 Å². The number of likely N-dealkylation sites (N-methyl/N-ethyl adjacent to an activating group) is 1. The van der Waals surface area contributed by atoms with Gasteiger partial charge in [0.05, 0.1) is 5.39 Å². The number of hydrogen-bond acceptors (Lipinski definition) is 3. The highest BCUT2D eigenvalue weighted by Gasteiger charge is 2.05. The van der Waals surface area contributed by atoms with Crippen LogP contribution in [0.5, 0.6) is 0 Å². The molecule has 0 bridgehead atoms. The Morgan fingerprint density at radius 2 is 2.36 bits per heavy atom. The summed E-state index contributed by atoms with van der Waals surface area (Å²) in [6, 6.07) is 6.13. The first kappa shape index (κ1) is 9.68. The molecule has 0 amide bonds. The van der Waals surface area contributed by atoms with Gasteiger partial charge >= 0.3 is 0 Å². The lowest BCUT2D eigenvalue weighted by Gasteiger charge is -1.99. The Labute approximate surface area is 90.6 Å². The number of nitrogens with one attached hydrogen (secondary N) is 1. The van der Waals surface area contributed by atoms with Gasteiger partial charge in [0.15, 0.2) is 10.2 Å². The molecule has 1 N–H and O–H groups in total. The largest absolute Gasteiger partial charge is 0.355 e. The third-order valence-electron chi connectivity index (χ3n) is 2.15. The van der Waals surface area contributed by atoms with Gasteiger partial charge in [-0.15, -0.1) is 0 Å². The minimum atomic E-state index is 0.777. The molecule has 1 aromatic heterocycles. The van der Waals surface area contributed by atoms with Gasteiger partial charge in [-0.05, 0) is 53.6 Å². The first-order chi connectivity index (χ1) is 6.81. The molecule has 0 unspecified atom stereocenters. The van der Waals surface area contributed by atoms with Crippen molar-refractivity contribution in [2.24, 2.45) is 0 Å². The predicted molar refractivity (Wildman–Crippen MR) is 59.3 cm³/mol. The molecule has 0 atom stereocenters. The summed E-state index contributed by atoms with van der Waals surface area (Å²) in [5.41, 5.74) is 2.11. The zero-order valence-corrected chi connectivity index (χ0v) is 9.47. The highest BCUT2D eigenvalue weighted by Crippen LogP contribution is 2.24. The zero-order chi connectivity index (χ0) is 9.97. The molecule has 0 aliphatic heterocycles. The summed E-state index contributed by atoms with van der Waals surface area (Å²) in [6.07, 6.45) is 1.02. The van der Waals surface area contributed by atoms with Gasteiger partial charge < -0.3 is 9.84 Å². The Balaban J connectivity index is 2.34. The highest BCUT2D eigenvalue weighted by atomic mass is 79.9. The Morgan fingerprint density at radius 1 is 1.50 bits per heavy atom. The van der Waals surface area contributed by atoms with Crippen molar-refractivity contribution in [3.63, 3.8) is 0 Å². The van der Waals surface area contributed by atoms with Crippen molar-refractivity contribution in [2.75, 3.05) is 13.6 Å². The van der Waals surface area contributed by atoms with Crippen LogP contribution in [0.2, 0.25) is 0 Å². The van der Waals surface area contributed by atoms with E-state index in [1.807, 2.05) is 13.1 Å². The minimum Gasteiger partial charge on any atom is -0.355 e. The SMILES string of the molecule is CNCCc1ccc2onc(Br)c2c1. The van der Waals surface area contributed by atoms with Crippen LogP contribution in [-0.4, -0.2) is 18.7 Å². The van der Waals surface area contributed by atoms with Gasteiger partial charge in [-0.3, -0.25) is 0 Å². The summed E-state index contributed by atoms with van der Waals surface area (Å²) in [6.45, 7) is 0.981. The van der Waals surface area contributed by atoms with Gasteiger partial charge in [0.25, 0.3) is 0 Å². The molecule has 0 radical (unpaired) electrons. The van der Waals surface area contributed by atoms with E-state index in [2.05, 4.69) is 38.5 Å². The van der Waals surface area contributed by atoms with Crippen molar-refractivity contribution in [1.82, 2.24) is 10.5 Å². The smallest absolute Gasteiger partial charge is 0.168 e. The van der Waals surface area contributed by atoms with E-state index in [1.165, 1.54) is 5.56 Å². The molecular weight excluding hydrogens is 244 g/mol. The summed E-state index contributed by atoms with van der Waals surface area (Å²) in [5, 5.41) is 8.01. The Hall–Kier alpha value is -0.870.